The summed E-state index contributed by atoms with van der Waals surface area (Å²) in [6, 6.07) is 37.5. The minimum absolute atomic E-state index is 0.509. The van der Waals surface area contributed by atoms with Gasteiger partial charge in [-0.05, 0) is 52.0 Å². The fourth-order valence-corrected chi connectivity index (χ4v) is 3.60. The van der Waals surface area contributed by atoms with Gasteiger partial charge >= 0.3 is 0 Å². The highest BCUT2D eigenvalue weighted by molar-refractivity contribution is 6.11. The van der Waals surface area contributed by atoms with Gasteiger partial charge in [-0.3, -0.25) is 0 Å². The van der Waals surface area contributed by atoms with Crippen LogP contribution >= 0.6 is 0 Å². The third-order valence-corrected chi connectivity index (χ3v) is 5.27. The van der Waals surface area contributed by atoms with Crippen LogP contribution in [0.15, 0.2) is 127 Å². The quantitative estimate of drug-likeness (QED) is 0.250. The molecule has 0 aliphatic rings. The zero-order valence-corrected chi connectivity index (χ0v) is 17.6. The first-order valence-electron chi connectivity index (χ1n) is 10.5. The van der Waals surface area contributed by atoms with Crippen molar-refractivity contribution in [1.82, 2.24) is 0 Å². The predicted octanol–water partition coefficient (Wildman–Crippen LogP) is 8.05. The largest absolute Gasteiger partial charge is 0.300 e. The summed E-state index contributed by atoms with van der Waals surface area (Å²) in [6.07, 6.45) is 6.00. The summed E-state index contributed by atoms with van der Waals surface area (Å²) >= 11 is 0. The monoisotopic (exact) mass is 399 g/mol. The third-order valence-electron chi connectivity index (χ3n) is 5.27. The fraction of sp³-hybridized carbons (Fsp3) is 0.0333. The van der Waals surface area contributed by atoms with Crippen LogP contribution in [0.3, 0.4) is 0 Å². The minimum atomic E-state index is 0.509. The molecule has 0 atom stereocenters. The molecule has 1 heteroatoms. The third kappa shape index (κ3) is 4.96. The van der Waals surface area contributed by atoms with Gasteiger partial charge in [0.15, 0.2) is 0 Å². The number of hydrogen-bond donors (Lipinski definition) is 1. The van der Waals surface area contributed by atoms with Crippen LogP contribution in [0.5, 0.6) is 0 Å². The second-order valence-electron chi connectivity index (χ2n) is 7.40. The number of hydrogen-bond acceptors (Lipinski definition) is 1. The summed E-state index contributed by atoms with van der Waals surface area (Å²) in [7, 11) is 0. The molecule has 0 saturated carbocycles. The van der Waals surface area contributed by atoms with Crippen LogP contribution in [0.1, 0.15) is 18.1 Å². The van der Waals surface area contributed by atoms with Crippen molar-refractivity contribution in [2.75, 3.05) is 0 Å². The zero-order chi connectivity index (χ0) is 21.5. The molecule has 0 saturated heterocycles. The van der Waals surface area contributed by atoms with E-state index in [1.54, 1.807) is 0 Å². The summed E-state index contributed by atoms with van der Waals surface area (Å²) in [6.45, 7) is 2.00. The summed E-state index contributed by atoms with van der Waals surface area (Å²) in [4.78, 5) is 0. The molecule has 0 fully saturated rings. The Morgan fingerprint density at radius 2 is 1.00 bits per heavy atom. The maximum Gasteiger partial charge on any atom is 0.0618 e. The Morgan fingerprint density at radius 3 is 1.52 bits per heavy atom. The molecule has 4 aromatic carbocycles. The first kappa shape index (κ1) is 20.3. The molecule has 0 aliphatic heterocycles. The summed E-state index contributed by atoms with van der Waals surface area (Å²) in [5.41, 5.74) is 8.38. The van der Waals surface area contributed by atoms with Crippen LogP contribution in [0.2, 0.25) is 0 Å². The molecule has 0 heterocycles. The van der Waals surface area contributed by atoms with Gasteiger partial charge in [-0.15, -0.1) is 0 Å². The number of nitrogens with one attached hydrogen (secondary N) is 1. The standard InChI is InChI=1S/C30H25N/c1-2-9-29(22-30(31)28-12-7-4-8-13-28)27-20-18-26(19-21-27)25-16-14-24(15-17-25)23-10-5-3-6-11-23/h2-22,31H,1H3/b9-2-,29-22+,31-30?. The second-order valence-corrected chi connectivity index (χ2v) is 7.40. The number of benzene rings is 4. The molecule has 0 amide bonds. The molecular weight excluding hydrogens is 374 g/mol. The lowest BCUT2D eigenvalue weighted by atomic mass is 9.97. The van der Waals surface area contributed by atoms with Gasteiger partial charge in [-0.25, -0.2) is 0 Å². The Balaban J connectivity index is 1.57. The molecule has 0 bridgehead atoms. The summed E-state index contributed by atoms with van der Waals surface area (Å²) in [5, 5.41) is 8.45. The van der Waals surface area contributed by atoms with Crippen LogP contribution in [0, 0.1) is 5.41 Å². The van der Waals surface area contributed by atoms with Crippen molar-refractivity contribution in [2.45, 2.75) is 6.92 Å². The van der Waals surface area contributed by atoms with Crippen LogP contribution in [0.4, 0.5) is 0 Å². The maximum atomic E-state index is 8.45. The van der Waals surface area contributed by atoms with Gasteiger partial charge in [0.25, 0.3) is 0 Å². The summed E-state index contributed by atoms with van der Waals surface area (Å²) in [5.74, 6) is 0. The first-order valence-corrected chi connectivity index (χ1v) is 10.5. The molecule has 0 radical (unpaired) electrons. The van der Waals surface area contributed by atoms with E-state index in [2.05, 4.69) is 78.9 Å². The summed E-state index contributed by atoms with van der Waals surface area (Å²) < 4.78 is 0. The van der Waals surface area contributed by atoms with Crippen molar-refractivity contribution in [3.8, 4) is 22.3 Å². The normalized spacial score (nSPS) is 11.6. The van der Waals surface area contributed by atoms with Crippen molar-refractivity contribution in [2.24, 2.45) is 0 Å². The SMILES string of the molecule is C/C=C\C(=C/C(=N)c1ccccc1)c1ccc(-c2ccc(-c3ccccc3)cc2)cc1. The van der Waals surface area contributed by atoms with Crippen LogP contribution in [-0.2, 0) is 0 Å². The van der Waals surface area contributed by atoms with E-state index in [0.717, 1.165) is 16.7 Å². The van der Waals surface area contributed by atoms with Crippen molar-refractivity contribution < 1.29 is 0 Å². The molecule has 4 aromatic rings. The maximum absolute atomic E-state index is 8.45. The highest BCUT2D eigenvalue weighted by Crippen LogP contribution is 2.26. The van der Waals surface area contributed by atoms with Crippen molar-refractivity contribution in [3.63, 3.8) is 0 Å². The zero-order valence-electron chi connectivity index (χ0n) is 17.6. The lowest BCUT2D eigenvalue weighted by Crippen LogP contribution is -1.95. The van der Waals surface area contributed by atoms with E-state index >= 15 is 0 Å². The van der Waals surface area contributed by atoms with E-state index in [1.165, 1.54) is 22.3 Å². The van der Waals surface area contributed by atoms with Crippen molar-refractivity contribution in [3.05, 3.63) is 139 Å². The smallest absolute Gasteiger partial charge is 0.0618 e. The molecule has 1 nitrogen and oxygen atoms in total. The Labute approximate surface area is 184 Å². The van der Waals surface area contributed by atoms with Gasteiger partial charge in [-0.1, -0.05) is 121 Å². The van der Waals surface area contributed by atoms with E-state index < -0.39 is 0 Å². The van der Waals surface area contributed by atoms with Gasteiger partial charge in [-0.2, -0.15) is 0 Å². The molecular formula is C30H25N. The van der Waals surface area contributed by atoms with E-state index in [0.29, 0.717) is 5.71 Å². The molecule has 0 unspecified atom stereocenters. The molecule has 4 rings (SSSR count). The molecule has 31 heavy (non-hydrogen) atoms. The Bertz CT molecular complexity index is 1200. The van der Waals surface area contributed by atoms with Gasteiger partial charge < -0.3 is 5.41 Å². The topological polar surface area (TPSA) is 23.9 Å². The fourth-order valence-electron chi connectivity index (χ4n) is 3.60. The van der Waals surface area contributed by atoms with Gasteiger partial charge in [0.05, 0.1) is 5.71 Å². The molecule has 150 valence electrons. The average Bonchev–Trinajstić information content (AvgIpc) is 2.85. The molecule has 0 spiro atoms. The molecule has 0 aliphatic carbocycles. The van der Waals surface area contributed by atoms with E-state index in [4.69, 9.17) is 5.41 Å². The van der Waals surface area contributed by atoms with Crippen LogP contribution in [-0.4, -0.2) is 5.71 Å². The Hall–Kier alpha value is -3.97. The van der Waals surface area contributed by atoms with Gasteiger partial charge in [0, 0.05) is 0 Å². The second kappa shape index (κ2) is 9.69. The predicted molar refractivity (Wildman–Crippen MR) is 133 cm³/mol. The molecule has 0 aromatic heterocycles. The van der Waals surface area contributed by atoms with E-state index in [1.807, 2.05) is 55.5 Å². The Kier molecular flexibility index (Phi) is 6.35. The minimum Gasteiger partial charge on any atom is -0.300 e. The first-order chi connectivity index (χ1) is 15.2. The lowest BCUT2D eigenvalue weighted by Gasteiger charge is -2.08. The van der Waals surface area contributed by atoms with Crippen molar-refractivity contribution >= 4 is 11.3 Å². The van der Waals surface area contributed by atoms with Gasteiger partial charge in [0.1, 0.15) is 0 Å². The van der Waals surface area contributed by atoms with E-state index in [9.17, 15) is 0 Å². The Morgan fingerprint density at radius 1 is 0.548 bits per heavy atom. The van der Waals surface area contributed by atoms with Crippen LogP contribution < -0.4 is 0 Å². The highest BCUT2D eigenvalue weighted by Gasteiger charge is 2.04. The van der Waals surface area contributed by atoms with Crippen LogP contribution in [0.25, 0.3) is 27.8 Å². The number of rotatable bonds is 6. The highest BCUT2D eigenvalue weighted by atomic mass is 14.4. The van der Waals surface area contributed by atoms with E-state index in [-0.39, 0.29) is 0 Å². The van der Waals surface area contributed by atoms with Gasteiger partial charge in [0.2, 0.25) is 0 Å². The molecule has 1 N–H and O–H groups in total. The number of allylic oxidation sites excluding steroid dienone is 4. The average molecular weight is 400 g/mol. The van der Waals surface area contributed by atoms with Crippen molar-refractivity contribution in [1.29, 1.82) is 5.41 Å². The lowest BCUT2D eigenvalue weighted by molar-refractivity contribution is 1.49.